The van der Waals surface area contributed by atoms with Gasteiger partial charge in [0.05, 0.1) is 17.6 Å². The van der Waals surface area contributed by atoms with Crippen LogP contribution in [0.25, 0.3) is 0 Å². The fraction of sp³-hybridized carbons (Fsp3) is 0.600. The normalized spacial score (nSPS) is 20.4. The van der Waals surface area contributed by atoms with Gasteiger partial charge < -0.3 is 14.7 Å². The number of aliphatic hydroxyl groups is 1. The van der Waals surface area contributed by atoms with Gasteiger partial charge in [-0.15, -0.1) is 0 Å². The average molecular weight is 313 g/mol. The number of hydrogen-bond donors (Lipinski definition) is 1. The minimum absolute atomic E-state index is 0.191. The maximum absolute atomic E-state index is 11.3. The molecule has 1 atom stereocenters. The third-order valence-electron chi connectivity index (χ3n) is 3.62. The first-order chi connectivity index (χ1) is 9.95. The summed E-state index contributed by atoms with van der Waals surface area (Å²) in [6, 6.07) is 6.49. The second kappa shape index (κ2) is 7.24. The van der Waals surface area contributed by atoms with Gasteiger partial charge in [-0.05, 0) is 50.1 Å². The molecule has 1 N–H and O–H groups in total. The van der Waals surface area contributed by atoms with Crippen molar-refractivity contribution in [3.05, 3.63) is 24.3 Å². The quantitative estimate of drug-likeness (QED) is 0.802. The van der Waals surface area contributed by atoms with E-state index in [1.54, 1.807) is 24.3 Å². The molecule has 1 fully saturated rings. The average Bonchev–Trinajstić information content (AvgIpc) is 2.43. The van der Waals surface area contributed by atoms with Crippen molar-refractivity contribution in [1.29, 1.82) is 0 Å². The second-order valence-corrected chi connectivity index (χ2v) is 7.56. The number of nitrogens with zero attached hydrogens (tertiary/aromatic N) is 1. The zero-order chi connectivity index (χ0) is 15.3. The monoisotopic (exact) mass is 313 g/mol. The van der Waals surface area contributed by atoms with Crippen LogP contribution >= 0.6 is 0 Å². The number of ether oxygens (including phenoxy) is 1. The highest BCUT2D eigenvalue weighted by molar-refractivity contribution is 7.90. The van der Waals surface area contributed by atoms with Crippen molar-refractivity contribution in [1.82, 2.24) is 4.90 Å². The molecule has 5 nitrogen and oxygen atoms in total. The SMILES string of the molecule is CS(=O)(=O)c1ccc(OCCCN2CCC[C@H](O)C2)cc1. The maximum Gasteiger partial charge on any atom is 0.175 e. The van der Waals surface area contributed by atoms with E-state index in [9.17, 15) is 13.5 Å². The first-order valence-electron chi connectivity index (χ1n) is 7.28. The van der Waals surface area contributed by atoms with Crippen molar-refractivity contribution >= 4 is 9.84 Å². The van der Waals surface area contributed by atoms with Gasteiger partial charge in [-0.3, -0.25) is 0 Å². The molecule has 1 aromatic carbocycles. The first-order valence-corrected chi connectivity index (χ1v) is 9.17. The smallest absolute Gasteiger partial charge is 0.175 e. The van der Waals surface area contributed by atoms with Crippen LogP contribution in [-0.2, 0) is 9.84 Å². The van der Waals surface area contributed by atoms with E-state index in [4.69, 9.17) is 4.74 Å². The second-order valence-electron chi connectivity index (χ2n) is 5.54. The van der Waals surface area contributed by atoms with Crippen molar-refractivity contribution < 1.29 is 18.3 Å². The summed E-state index contributed by atoms with van der Waals surface area (Å²) in [5.74, 6) is 0.682. The summed E-state index contributed by atoms with van der Waals surface area (Å²) in [5.41, 5.74) is 0. The molecule has 1 aromatic rings. The summed E-state index contributed by atoms with van der Waals surface area (Å²) >= 11 is 0. The van der Waals surface area contributed by atoms with Crippen molar-refractivity contribution in [3.8, 4) is 5.75 Å². The predicted molar refractivity (Wildman–Crippen MR) is 81.3 cm³/mol. The fourth-order valence-electron chi connectivity index (χ4n) is 2.50. The van der Waals surface area contributed by atoms with Crippen LogP contribution in [0.4, 0.5) is 0 Å². The Morgan fingerprint density at radius 2 is 2.05 bits per heavy atom. The van der Waals surface area contributed by atoms with Gasteiger partial charge in [0.1, 0.15) is 5.75 Å². The van der Waals surface area contributed by atoms with E-state index in [1.165, 1.54) is 6.26 Å². The molecule has 0 amide bonds. The number of aliphatic hydroxyl groups excluding tert-OH is 1. The Kier molecular flexibility index (Phi) is 5.61. The molecule has 0 radical (unpaired) electrons. The van der Waals surface area contributed by atoms with E-state index in [0.29, 0.717) is 17.3 Å². The van der Waals surface area contributed by atoms with Gasteiger partial charge in [0.15, 0.2) is 9.84 Å². The van der Waals surface area contributed by atoms with Gasteiger partial charge in [0, 0.05) is 19.3 Å². The highest BCUT2D eigenvalue weighted by Gasteiger charge is 2.16. The Bertz CT molecular complexity index is 541. The van der Waals surface area contributed by atoms with Crippen molar-refractivity contribution in [2.24, 2.45) is 0 Å². The molecule has 1 aliphatic heterocycles. The van der Waals surface area contributed by atoms with Crippen molar-refractivity contribution in [2.45, 2.75) is 30.3 Å². The summed E-state index contributed by atoms with van der Waals surface area (Å²) in [5, 5.41) is 9.58. The number of rotatable bonds is 6. The molecule has 0 spiro atoms. The zero-order valence-corrected chi connectivity index (χ0v) is 13.2. The summed E-state index contributed by atoms with van der Waals surface area (Å²) in [4.78, 5) is 2.56. The van der Waals surface area contributed by atoms with E-state index < -0.39 is 9.84 Å². The maximum atomic E-state index is 11.3. The van der Waals surface area contributed by atoms with Crippen LogP contribution in [0, 0.1) is 0 Å². The lowest BCUT2D eigenvalue weighted by Gasteiger charge is -2.29. The van der Waals surface area contributed by atoms with E-state index in [2.05, 4.69) is 4.90 Å². The topological polar surface area (TPSA) is 66.8 Å². The fourth-order valence-corrected chi connectivity index (χ4v) is 3.13. The van der Waals surface area contributed by atoms with Gasteiger partial charge in [-0.2, -0.15) is 0 Å². The molecule has 2 rings (SSSR count). The third-order valence-corrected chi connectivity index (χ3v) is 4.75. The van der Waals surface area contributed by atoms with Gasteiger partial charge >= 0.3 is 0 Å². The van der Waals surface area contributed by atoms with E-state index in [-0.39, 0.29) is 6.10 Å². The van der Waals surface area contributed by atoms with Crippen LogP contribution in [0.5, 0.6) is 5.75 Å². The van der Waals surface area contributed by atoms with Crippen LogP contribution in [0.2, 0.25) is 0 Å². The Morgan fingerprint density at radius 3 is 2.67 bits per heavy atom. The summed E-state index contributed by atoms with van der Waals surface area (Å²) < 4.78 is 28.3. The largest absolute Gasteiger partial charge is 0.494 e. The molecule has 0 saturated carbocycles. The number of likely N-dealkylation sites (tertiary alicyclic amines) is 1. The molecule has 1 aliphatic rings. The minimum Gasteiger partial charge on any atom is -0.494 e. The lowest BCUT2D eigenvalue weighted by Crippen LogP contribution is -2.39. The summed E-state index contributed by atoms with van der Waals surface area (Å²) in [6.45, 7) is 3.30. The number of sulfone groups is 1. The molecule has 1 saturated heterocycles. The number of β-amino-alcohol motifs (C(OH)–C–C–N with tert-alkyl or cyclic N) is 1. The molecule has 0 aliphatic carbocycles. The molecule has 0 aromatic heterocycles. The van der Waals surface area contributed by atoms with Crippen LogP contribution < -0.4 is 4.74 Å². The molecule has 6 heteroatoms. The van der Waals surface area contributed by atoms with Crippen LogP contribution in [0.1, 0.15) is 19.3 Å². The number of benzene rings is 1. The van der Waals surface area contributed by atoms with Crippen LogP contribution in [0.3, 0.4) is 0 Å². The Labute approximate surface area is 126 Å². The molecule has 0 unspecified atom stereocenters. The standard InChI is InChI=1S/C15H23NO4S/c1-21(18,19)15-7-5-14(6-8-15)20-11-3-10-16-9-2-4-13(17)12-16/h5-8,13,17H,2-4,9-12H2,1H3/t13-/m0/s1. The highest BCUT2D eigenvalue weighted by Crippen LogP contribution is 2.16. The van der Waals surface area contributed by atoms with Crippen LogP contribution in [0.15, 0.2) is 29.2 Å². The Balaban J connectivity index is 1.71. The summed E-state index contributed by atoms with van der Waals surface area (Å²) in [6.07, 6.45) is 3.84. The summed E-state index contributed by atoms with van der Waals surface area (Å²) in [7, 11) is -3.15. The molecular formula is C15H23NO4S. The van der Waals surface area contributed by atoms with Gasteiger partial charge in [-0.1, -0.05) is 0 Å². The van der Waals surface area contributed by atoms with Gasteiger partial charge in [-0.25, -0.2) is 8.42 Å². The lowest BCUT2D eigenvalue weighted by atomic mass is 10.1. The third kappa shape index (κ3) is 5.30. The zero-order valence-electron chi connectivity index (χ0n) is 12.4. The molecule has 21 heavy (non-hydrogen) atoms. The number of piperidine rings is 1. The van der Waals surface area contributed by atoms with Crippen molar-refractivity contribution in [2.75, 3.05) is 32.5 Å². The Morgan fingerprint density at radius 1 is 1.33 bits per heavy atom. The van der Waals surface area contributed by atoms with Gasteiger partial charge in [0.25, 0.3) is 0 Å². The van der Waals surface area contributed by atoms with Crippen LogP contribution in [-0.4, -0.2) is 57.0 Å². The molecule has 1 heterocycles. The van der Waals surface area contributed by atoms with Gasteiger partial charge in [0.2, 0.25) is 0 Å². The molecular weight excluding hydrogens is 290 g/mol. The Hall–Kier alpha value is -1.11. The highest BCUT2D eigenvalue weighted by atomic mass is 32.2. The minimum atomic E-state index is -3.15. The van der Waals surface area contributed by atoms with E-state index in [0.717, 1.165) is 38.9 Å². The predicted octanol–water partition coefficient (Wildman–Crippen LogP) is 1.32. The van der Waals surface area contributed by atoms with Crippen molar-refractivity contribution in [3.63, 3.8) is 0 Å². The van der Waals surface area contributed by atoms with E-state index in [1.807, 2.05) is 0 Å². The number of hydrogen-bond acceptors (Lipinski definition) is 5. The lowest BCUT2D eigenvalue weighted by molar-refractivity contribution is 0.0679. The molecule has 118 valence electrons. The van der Waals surface area contributed by atoms with E-state index >= 15 is 0 Å². The molecule has 0 bridgehead atoms. The first kappa shape index (κ1) is 16.3.